The highest BCUT2D eigenvalue weighted by Gasteiger charge is 2.27. The van der Waals surface area contributed by atoms with Gasteiger partial charge >= 0.3 is 12.2 Å². The summed E-state index contributed by atoms with van der Waals surface area (Å²) in [5.74, 6) is 0. The summed E-state index contributed by atoms with van der Waals surface area (Å²) in [6.45, 7) is 10.2. The molecule has 0 bridgehead atoms. The molecular weight excluding hydrogens is 312 g/mol. The van der Waals surface area contributed by atoms with Crippen molar-refractivity contribution in [2.24, 2.45) is 0 Å². The number of hydrogen-bond acceptors (Lipinski definition) is 5. The predicted molar refractivity (Wildman–Crippen MR) is 89.9 cm³/mol. The minimum Gasteiger partial charge on any atom is -0.443 e. The van der Waals surface area contributed by atoms with Gasteiger partial charge in [-0.25, -0.2) is 15.0 Å². The van der Waals surface area contributed by atoms with Crippen LogP contribution in [0.1, 0.15) is 51.9 Å². The molecule has 7 nitrogen and oxygen atoms in total. The molecule has 0 unspecified atom stereocenters. The second-order valence-corrected chi connectivity index (χ2v) is 7.14. The maximum Gasteiger partial charge on any atom is 0.434 e. The molecule has 0 saturated carbocycles. The number of benzene rings is 1. The zero-order valence-electron chi connectivity index (χ0n) is 14.9. The summed E-state index contributed by atoms with van der Waals surface area (Å²) in [4.78, 5) is 35.4. The van der Waals surface area contributed by atoms with Crippen LogP contribution in [0.25, 0.3) is 0 Å². The van der Waals surface area contributed by atoms with E-state index in [1.807, 2.05) is 0 Å². The molecule has 1 aromatic rings. The average molecular weight is 336 g/mol. The number of hydrazine groups is 1. The van der Waals surface area contributed by atoms with E-state index in [0.29, 0.717) is 11.8 Å². The Morgan fingerprint density at radius 3 is 2.12 bits per heavy atom. The molecule has 0 aliphatic carbocycles. The SMILES string of the molecule is CC(C)(C)OC(=O)NN(C(=O)OC(C)(C)C)c1cccc(C=O)c1. The fourth-order valence-electron chi connectivity index (χ4n) is 1.65. The number of nitrogens with one attached hydrogen (secondary N) is 1. The average Bonchev–Trinajstić information content (AvgIpc) is 2.41. The Balaban J connectivity index is 3.09. The van der Waals surface area contributed by atoms with Gasteiger partial charge in [-0.3, -0.25) is 4.79 Å². The van der Waals surface area contributed by atoms with E-state index in [9.17, 15) is 14.4 Å². The summed E-state index contributed by atoms with van der Waals surface area (Å²) in [6, 6.07) is 6.19. The van der Waals surface area contributed by atoms with Crippen molar-refractivity contribution >= 4 is 24.2 Å². The van der Waals surface area contributed by atoms with Crippen molar-refractivity contribution in [3.8, 4) is 0 Å². The molecule has 0 aliphatic heterocycles. The molecule has 0 radical (unpaired) electrons. The zero-order valence-corrected chi connectivity index (χ0v) is 14.9. The van der Waals surface area contributed by atoms with Gasteiger partial charge in [0.2, 0.25) is 0 Å². The van der Waals surface area contributed by atoms with Crippen LogP contribution in [0.3, 0.4) is 0 Å². The Kier molecular flexibility index (Phi) is 5.95. The number of anilines is 1. The van der Waals surface area contributed by atoms with Crippen LogP contribution in [-0.4, -0.2) is 29.7 Å². The molecule has 0 fully saturated rings. The van der Waals surface area contributed by atoms with E-state index in [1.54, 1.807) is 59.7 Å². The summed E-state index contributed by atoms with van der Waals surface area (Å²) < 4.78 is 10.4. The number of aldehydes is 1. The number of ether oxygens (including phenoxy) is 2. The summed E-state index contributed by atoms with van der Waals surface area (Å²) in [6.07, 6.45) is -0.967. The molecular formula is C17H24N2O5. The van der Waals surface area contributed by atoms with Gasteiger partial charge in [0.15, 0.2) is 0 Å². The Hall–Kier alpha value is -2.57. The predicted octanol–water partition coefficient (Wildman–Crippen LogP) is 3.68. The zero-order chi connectivity index (χ0) is 18.5. The molecule has 1 rings (SSSR count). The number of nitrogens with zero attached hydrogens (tertiary/aromatic N) is 1. The lowest BCUT2D eigenvalue weighted by Crippen LogP contribution is -2.50. The van der Waals surface area contributed by atoms with E-state index in [0.717, 1.165) is 5.01 Å². The van der Waals surface area contributed by atoms with Gasteiger partial charge in [-0.1, -0.05) is 12.1 Å². The third-order valence-electron chi connectivity index (χ3n) is 2.44. The fraction of sp³-hybridized carbons (Fsp3) is 0.471. The lowest BCUT2D eigenvalue weighted by atomic mass is 10.2. The molecule has 0 spiro atoms. The second-order valence-electron chi connectivity index (χ2n) is 7.14. The van der Waals surface area contributed by atoms with Gasteiger partial charge in [0.1, 0.15) is 17.5 Å². The largest absolute Gasteiger partial charge is 0.443 e. The highest BCUT2D eigenvalue weighted by Crippen LogP contribution is 2.18. The molecule has 7 heteroatoms. The first-order chi connectivity index (χ1) is 10.9. The maximum absolute atomic E-state index is 12.4. The standard InChI is InChI=1S/C17H24N2O5/c1-16(2,3)23-14(21)18-19(15(22)24-17(4,5)6)13-9-7-8-12(10-13)11-20/h7-11H,1-6H3,(H,18,21). The number of carbonyl (C=O) groups excluding carboxylic acids is 3. The molecule has 0 atom stereocenters. The van der Waals surface area contributed by atoms with Crippen LogP contribution < -0.4 is 10.4 Å². The van der Waals surface area contributed by atoms with Crippen LogP contribution in [0.5, 0.6) is 0 Å². The lowest BCUT2D eigenvalue weighted by molar-refractivity contribution is 0.0425. The van der Waals surface area contributed by atoms with E-state index in [-0.39, 0.29) is 5.69 Å². The number of amides is 2. The normalized spacial score (nSPS) is 11.4. The molecule has 24 heavy (non-hydrogen) atoms. The topological polar surface area (TPSA) is 84.9 Å². The quantitative estimate of drug-likeness (QED) is 0.658. The third-order valence-corrected chi connectivity index (χ3v) is 2.44. The second kappa shape index (κ2) is 7.33. The van der Waals surface area contributed by atoms with Crippen molar-refractivity contribution in [2.75, 3.05) is 5.01 Å². The van der Waals surface area contributed by atoms with Crippen LogP contribution in [0.4, 0.5) is 15.3 Å². The Morgan fingerprint density at radius 2 is 1.62 bits per heavy atom. The lowest BCUT2D eigenvalue weighted by Gasteiger charge is -2.28. The van der Waals surface area contributed by atoms with E-state index in [4.69, 9.17) is 9.47 Å². The van der Waals surface area contributed by atoms with E-state index < -0.39 is 23.4 Å². The van der Waals surface area contributed by atoms with E-state index in [1.165, 1.54) is 6.07 Å². The summed E-state index contributed by atoms with van der Waals surface area (Å²) >= 11 is 0. The van der Waals surface area contributed by atoms with E-state index in [2.05, 4.69) is 5.43 Å². The van der Waals surface area contributed by atoms with Crippen molar-refractivity contribution in [1.29, 1.82) is 0 Å². The van der Waals surface area contributed by atoms with Gasteiger partial charge in [-0.05, 0) is 53.7 Å². The summed E-state index contributed by atoms with van der Waals surface area (Å²) in [5.41, 5.74) is 1.49. The Morgan fingerprint density at radius 1 is 1.04 bits per heavy atom. The highest BCUT2D eigenvalue weighted by molar-refractivity contribution is 5.92. The molecule has 0 aromatic heterocycles. The fourth-order valence-corrected chi connectivity index (χ4v) is 1.65. The molecule has 0 heterocycles. The molecule has 0 saturated heterocycles. The molecule has 132 valence electrons. The van der Waals surface area contributed by atoms with Crippen LogP contribution in [0, 0.1) is 0 Å². The third kappa shape index (κ3) is 6.68. The highest BCUT2D eigenvalue weighted by atomic mass is 16.6. The van der Waals surface area contributed by atoms with Crippen molar-refractivity contribution in [1.82, 2.24) is 5.43 Å². The van der Waals surface area contributed by atoms with Gasteiger partial charge in [0, 0.05) is 5.56 Å². The monoisotopic (exact) mass is 336 g/mol. The molecule has 1 N–H and O–H groups in total. The van der Waals surface area contributed by atoms with Crippen molar-refractivity contribution in [3.63, 3.8) is 0 Å². The van der Waals surface area contributed by atoms with Crippen molar-refractivity contribution in [2.45, 2.75) is 52.7 Å². The molecule has 2 amide bonds. The number of hydrogen-bond donors (Lipinski definition) is 1. The minimum absolute atomic E-state index is 0.278. The first-order valence-corrected chi connectivity index (χ1v) is 7.49. The van der Waals surface area contributed by atoms with Crippen LogP contribution in [0.2, 0.25) is 0 Å². The number of rotatable bonds is 2. The molecule has 1 aromatic carbocycles. The first kappa shape index (κ1) is 19.5. The minimum atomic E-state index is -0.815. The molecule has 0 aliphatic rings. The van der Waals surface area contributed by atoms with Crippen molar-refractivity contribution < 1.29 is 23.9 Å². The van der Waals surface area contributed by atoms with E-state index >= 15 is 0 Å². The summed E-state index contributed by atoms with van der Waals surface area (Å²) in [5, 5.41) is 0.909. The summed E-state index contributed by atoms with van der Waals surface area (Å²) in [7, 11) is 0. The Bertz CT molecular complexity index is 614. The maximum atomic E-state index is 12.4. The number of carbonyl (C=O) groups is 3. The van der Waals surface area contributed by atoms with Crippen LogP contribution in [-0.2, 0) is 9.47 Å². The van der Waals surface area contributed by atoms with Crippen molar-refractivity contribution in [3.05, 3.63) is 29.8 Å². The van der Waals surface area contributed by atoms with Crippen LogP contribution >= 0.6 is 0 Å². The van der Waals surface area contributed by atoms with Gasteiger partial charge < -0.3 is 9.47 Å². The van der Waals surface area contributed by atoms with Gasteiger partial charge in [0.25, 0.3) is 0 Å². The van der Waals surface area contributed by atoms with Gasteiger partial charge in [-0.2, -0.15) is 5.01 Å². The van der Waals surface area contributed by atoms with Gasteiger partial charge in [-0.15, -0.1) is 0 Å². The first-order valence-electron chi connectivity index (χ1n) is 7.49. The van der Waals surface area contributed by atoms with Gasteiger partial charge in [0.05, 0.1) is 5.69 Å². The Labute approximate surface area is 141 Å². The smallest absolute Gasteiger partial charge is 0.434 e. The van der Waals surface area contributed by atoms with Crippen LogP contribution in [0.15, 0.2) is 24.3 Å².